The molecule has 88 valence electrons. The molecule has 0 aliphatic heterocycles. The fraction of sp³-hybridized carbons (Fsp3) is 0.300. The minimum atomic E-state index is -1.47. The molecule has 1 unspecified atom stereocenters. The first-order valence-electron chi connectivity index (χ1n) is 4.44. The fourth-order valence-corrected chi connectivity index (χ4v) is 1.40. The van der Waals surface area contributed by atoms with Crippen LogP contribution in [-0.4, -0.2) is 23.3 Å². The highest BCUT2D eigenvalue weighted by Gasteiger charge is 2.24. The molecule has 0 saturated carbocycles. The number of nitrogens with two attached hydrogens (primary N) is 1. The van der Waals surface area contributed by atoms with E-state index in [4.69, 9.17) is 15.6 Å². The van der Waals surface area contributed by atoms with Gasteiger partial charge in [0.15, 0.2) is 11.5 Å². The van der Waals surface area contributed by atoms with Gasteiger partial charge in [-0.05, 0) is 18.6 Å². The Kier molecular flexibility index (Phi) is 3.34. The van der Waals surface area contributed by atoms with Crippen LogP contribution < -0.4 is 10.5 Å². The van der Waals surface area contributed by atoms with E-state index in [1.807, 2.05) is 0 Å². The lowest BCUT2D eigenvalue weighted by Crippen LogP contribution is -2.21. The van der Waals surface area contributed by atoms with Gasteiger partial charge in [0.1, 0.15) is 6.04 Å². The number of halogens is 1. The van der Waals surface area contributed by atoms with Crippen molar-refractivity contribution in [3.63, 3.8) is 0 Å². The van der Waals surface area contributed by atoms with Crippen molar-refractivity contribution in [2.75, 3.05) is 7.11 Å². The van der Waals surface area contributed by atoms with Crippen LogP contribution >= 0.6 is 0 Å². The molecular weight excluding hydrogens is 217 g/mol. The lowest BCUT2D eigenvalue weighted by atomic mass is 10.0. The summed E-state index contributed by atoms with van der Waals surface area (Å²) < 4.78 is 18.3. The van der Waals surface area contributed by atoms with E-state index in [9.17, 15) is 14.3 Å². The lowest BCUT2D eigenvalue weighted by Gasteiger charge is -2.14. The molecule has 1 aromatic carbocycles. The second kappa shape index (κ2) is 4.36. The van der Waals surface area contributed by atoms with Crippen LogP contribution in [0.5, 0.6) is 11.5 Å². The van der Waals surface area contributed by atoms with Gasteiger partial charge < -0.3 is 20.7 Å². The number of phenols is 1. The molecule has 4 N–H and O–H groups in total. The fourth-order valence-electron chi connectivity index (χ4n) is 1.40. The van der Waals surface area contributed by atoms with Crippen LogP contribution in [0.3, 0.4) is 0 Å². The minimum absolute atomic E-state index is 0.126. The number of carbonyl (C=O) groups is 1. The number of carboxylic acids is 1. The highest BCUT2D eigenvalue weighted by molar-refractivity contribution is 5.76. The third-order valence-corrected chi connectivity index (χ3v) is 2.22. The van der Waals surface area contributed by atoms with E-state index in [0.29, 0.717) is 5.56 Å². The van der Waals surface area contributed by atoms with Crippen molar-refractivity contribution >= 4 is 5.97 Å². The van der Waals surface area contributed by atoms with Gasteiger partial charge in [0.2, 0.25) is 5.82 Å². The van der Waals surface area contributed by atoms with Gasteiger partial charge >= 0.3 is 5.97 Å². The quantitative estimate of drug-likeness (QED) is 0.717. The van der Waals surface area contributed by atoms with Gasteiger partial charge in [0.05, 0.1) is 7.11 Å². The Morgan fingerprint density at radius 3 is 2.62 bits per heavy atom. The monoisotopic (exact) mass is 229 g/mol. The molecule has 0 fully saturated rings. The molecule has 0 aromatic heterocycles. The maximum atomic E-state index is 13.5. The van der Waals surface area contributed by atoms with E-state index in [2.05, 4.69) is 0 Å². The first kappa shape index (κ1) is 12.3. The minimum Gasteiger partial charge on any atom is -0.504 e. The Balaban J connectivity index is 3.39. The predicted molar refractivity (Wildman–Crippen MR) is 53.9 cm³/mol. The molecule has 0 bridgehead atoms. The van der Waals surface area contributed by atoms with Gasteiger partial charge in [-0.1, -0.05) is 0 Å². The van der Waals surface area contributed by atoms with Crippen LogP contribution in [0, 0.1) is 12.7 Å². The number of aliphatic carboxylic acids is 1. The van der Waals surface area contributed by atoms with Crippen molar-refractivity contribution in [1.82, 2.24) is 0 Å². The summed E-state index contributed by atoms with van der Waals surface area (Å²) in [5.41, 5.74) is 5.49. The summed E-state index contributed by atoms with van der Waals surface area (Å²) in [4.78, 5) is 10.6. The number of carboxylic acid groups (broad SMARTS) is 1. The predicted octanol–water partition coefficient (Wildman–Crippen LogP) is 0.933. The molecule has 16 heavy (non-hydrogen) atoms. The average molecular weight is 229 g/mol. The number of hydrogen-bond donors (Lipinski definition) is 3. The molecule has 1 rings (SSSR count). The molecule has 0 radical (unpaired) electrons. The van der Waals surface area contributed by atoms with E-state index in [0.717, 1.165) is 0 Å². The van der Waals surface area contributed by atoms with Gasteiger partial charge in [0, 0.05) is 5.56 Å². The Morgan fingerprint density at radius 2 is 2.19 bits per heavy atom. The SMILES string of the molecule is COc1c(C)cc(C(N)C(=O)O)c(O)c1F. The molecular formula is C10H12FNO4. The molecule has 0 aliphatic carbocycles. The van der Waals surface area contributed by atoms with Crippen molar-refractivity contribution < 1.29 is 24.1 Å². The Hall–Kier alpha value is -1.82. The van der Waals surface area contributed by atoms with E-state index in [1.165, 1.54) is 20.1 Å². The van der Waals surface area contributed by atoms with Gasteiger partial charge in [-0.2, -0.15) is 4.39 Å². The molecule has 6 heteroatoms. The van der Waals surface area contributed by atoms with E-state index in [-0.39, 0.29) is 11.3 Å². The summed E-state index contributed by atoms with van der Waals surface area (Å²) in [5.74, 6) is -3.27. The molecule has 5 nitrogen and oxygen atoms in total. The average Bonchev–Trinajstić information content (AvgIpc) is 2.23. The molecule has 0 aliphatic rings. The van der Waals surface area contributed by atoms with Crippen LogP contribution in [0.15, 0.2) is 6.07 Å². The number of rotatable bonds is 3. The van der Waals surface area contributed by atoms with Crippen LogP contribution in [0.4, 0.5) is 4.39 Å². The third-order valence-electron chi connectivity index (χ3n) is 2.22. The van der Waals surface area contributed by atoms with E-state index in [1.54, 1.807) is 0 Å². The summed E-state index contributed by atoms with van der Waals surface area (Å²) in [6.45, 7) is 1.53. The van der Waals surface area contributed by atoms with Crippen LogP contribution in [0.1, 0.15) is 17.2 Å². The van der Waals surface area contributed by atoms with Gasteiger partial charge in [-0.25, -0.2) is 0 Å². The van der Waals surface area contributed by atoms with Gasteiger partial charge in [0.25, 0.3) is 0 Å². The molecule has 1 aromatic rings. The van der Waals surface area contributed by atoms with Crippen LogP contribution in [-0.2, 0) is 4.79 Å². The van der Waals surface area contributed by atoms with Crippen molar-refractivity contribution in [1.29, 1.82) is 0 Å². The standard InChI is InChI=1S/C10H12FNO4/c1-4-3-5(7(12)10(14)15)8(13)6(11)9(4)16-2/h3,7,13H,12H2,1-2H3,(H,14,15). The first-order chi connectivity index (χ1) is 7.40. The Labute approximate surface area is 91.3 Å². The number of aryl methyl sites for hydroxylation is 1. The normalized spacial score (nSPS) is 12.2. The summed E-state index contributed by atoms with van der Waals surface area (Å²) in [6, 6.07) is -0.185. The lowest BCUT2D eigenvalue weighted by molar-refractivity contribution is -0.138. The summed E-state index contributed by atoms with van der Waals surface area (Å²) in [6.07, 6.45) is 0. The largest absolute Gasteiger partial charge is 0.504 e. The van der Waals surface area contributed by atoms with Crippen molar-refractivity contribution in [3.8, 4) is 11.5 Å². The Bertz CT molecular complexity index is 433. The van der Waals surface area contributed by atoms with E-state index >= 15 is 0 Å². The van der Waals surface area contributed by atoms with Crippen LogP contribution in [0.2, 0.25) is 0 Å². The summed E-state index contributed by atoms with van der Waals surface area (Å²) in [7, 11) is 1.25. The zero-order chi connectivity index (χ0) is 12.5. The topological polar surface area (TPSA) is 92.8 Å². The zero-order valence-corrected chi connectivity index (χ0v) is 8.82. The van der Waals surface area contributed by atoms with Gasteiger partial charge in [-0.3, -0.25) is 4.79 Å². The summed E-state index contributed by atoms with van der Waals surface area (Å²) >= 11 is 0. The van der Waals surface area contributed by atoms with Crippen molar-refractivity contribution in [3.05, 3.63) is 23.0 Å². The number of benzene rings is 1. The molecule has 0 heterocycles. The second-order valence-electron chi connectivity index (χ2n) is 3.29. The third kappa shape index (κ3) is 1.92. The van der Waals surface area contributed by atoms with Gasteiger partial charge in [-0.15, -0.1) is 0 Å². The first-order valence-corrected chi connectivity index (χ1v) is 4.44. The second-order valence-corrected chi connectivity index (χ2v) is 3.29. The maximum absolute atomic E-state index is 13.5. The van der Waals surface area contributed by atoms with Crippen LogP contribution in [0.25, 0.3) is 0 Å². The molecule has 0 amide bonds. The smallest absolute Gasteiger partial charge is 0.325 e. The maximum Gasteiger partial charge on any atom is 0.325 e. The number of phenolic OH excluding ortho intramolecular Hbond substituents is 1. The number of methoxy groups -OCH3 is 1. The number of hydrogen-bond acceptors (Lipinski definition) is 4. The van der Waals surface area contributed by atoms with Crippen molar-refractivity contribution in [2.24, 2.45) is 5.73 Å². The van der Waals surface area contributed by atoms with Crippen molar-refractivity contribution in [2.45, 2.75) is 13.0 Å². The highest BCUT2D eigenvalue weighted by Crippen LogP contribution is 2.35. The highest BCUT2D eigenvalue weighted by atomic mass is 19.1. The molecule has 0 saturated heterocycles. The zero-order valence-electron chi connectivity index (χ0n) is 8.82. The number of aromatic hydroxyl groups is 1. The molecule has 1 atom stereocenters. The Morgan fingerprint density at radius 1 is 1.62 bits per heavy atom. The van der Waals surface area contributed by atoms with E-state index < -0.39 is 23.6 Å². The summed E-state index contributed by atoms with van der Waals surface area (Å²) in [5, 5.41) is 18.1. The number of ether oxygens (including phenoxy) is 1. The molecule has 0 spiro atoms.